The number of hydrogen-bond acceptors (Lipinski definition) is 0. The second kappa shape index (κ2) is 16.0. The van der Waals surface area contributed by atoms with Crippen LogP contribution in [0.25, 0.3) is 0 Å². The first kappa shape index (κ1) is 17.0. The van der Waals surface area contributed by atoms with Crippen molar-refractivity contribution >= 4 is 0 Å². The van der Waals surface area contributed by atoms with E-state index in [1.165, 1.54) is 83.5 Å². The molecule has 0 spiro atoms. The fourth-order valence-electron chi connectivity index (χ4n) is 2.24. The van der Waals surface area contributed by atoms with E-state index < -0.39 is 0 Å². The van der Waals surface area contributed by atoms with E-state index in [9.17, 15) is 0 Å². The molecule has 0 N–H and O–H groups in total. The van der Waals surface area contributed by atoms with Crippen LogP contribution in [0, 0.1) is 12.8 Å². The highest BCUT2D eigenvalue weighted by molar-refractivity contribution is 4.71. The zero-order valence-electron chi connectivity index (χ0n) is 12.3. The molecule has 0 atom stereocenters. The average molecular weight is 238 g/mol. The molecule has 0 rings (SSSR count). The summed E-state index contributed by atoms with van der Waals surface area (Å²) in [5, 5.41) is 0. The summed E-state index contributed by atoms with van der Waals surface area (Å²) < 4.78 is 0. The molecule has 0 aromatic rings. The minimum atomic E-state index is 1.19. The Balaban J connectivity index is 2.85. The van der Waals surface area contributed by atoms with Crippen molar-refractivity contribution in [2.45, 2.75) is 97.3 Å². The normalized spacial score (nSPS) is 10.9. The predicted molar refractivity (Wildman–Crippen MR) is 80.0 cm³/mol. The summed E-state index contributed by atoms with van der Waals surface area (Å²) >= 11 is 0. The van der Waals surface area contributed by atoms with Crippen molar-refractivity contribution < 1.29 is 0 Å². The Morgan fingerprint density at radius 3 is 1.59 bits per heavy atom. The van der Waals surface area contributed by atoms with Gasteiger partial charge in [-0.15, -0.1) is 0 Å². The van der Waals surface area contributed by atoms with Crippen molar-refractivity contribution in [3.63, 3.8) is 0 Å². The molecule has 102 valence electrons. The van der Waals surface area contributed by atoms with Crippen LogP contribution in [0.15, 0.2) is 0 Å². The van der Waals surface area contributed by atoms with Crippen LogP contribution in [-0.2, 0) is 0 Å². The summed E-state index contributed by atoms with van der Waals surface area (Å²) in [5.41, 5.74) is 0. The van der Waals surface area contributed by atoms with Gasteiger partial charge in [0.25, 0.3) is 0 Å². The van der Waals surface area contributed by atoms with Gasteiger partial charge in [-0.3, -0.25) is 0 Å². The lowest BCUT2D eigenvalue weighted by atomic mass is 10.0. The molecule has 0 aliphatic rings. The van der Waals surface area contributed by atoms with Crippen LogP contribution in [0.4, 0.5) is 0 Å². The Morgan fingerprint density at radius 1 is 0.647 bits per heavy atom. The lowest BCUT2D eigenvalue weighted by Crippen LogP contribution is -1.83. The van der Waals surface area contributed by atoms with Gasteiger partial charge in [0.05, 0.1) is 0 Å². The second-order valence-electron chi connectivity index (χ2n) is 5.26. The zero-order chi connectivity index (χ0) is 12.6. The number of rotatable bonds is 14. The first-order chi connectivity index (χ1) is 8.41. The maximum absolute atomic E-state index is 2.41. The molecule has 0 fully saturated rings. The Hall–Kier alpha value is 0. The molecule has 0 aromatic heterocycles. The van der Waals surface area contributed by atoms with E-state index >= 15 is 0 Å². The quantitative estimate of drug-likeness (QED) is 0.303. The maximum Gasteiger partial charge on any atom is -0.0383 e. The van der Waals surface area contributed by atoms with E-state index in [2.05, 4.69) is 26.7 Å². The number of hydrogen-bond donors (Lipinski definition) is 0. The minimum Gasteiger partial charge on any atom is -0.0654 e. The van der Waals surface area contributed by atoms with Crippen molar-refractivity contribution in [1.29, 1.82) is 0 Å². The van der Waals surface area contributed by atoms with Crippen LogP contribution in [0.5, 0.6) is 0 Å². The van der Waals surface area contributed by atoms with Gasteiger partial charge in [0.2, 0.25) is 0 Å². The largest absolute Gasteiger partial charge is 0.0654 e. The summed E-state index contributed by atoms with van der Waals surface area (Å²) in [6.07, 6.45) is 23.1. The Bertz CT molecular complexity index is 103. The molecule has 0 heteroatoms. The number of unbranched alkanes of at least 4 members (excludes halogenated alkanes) is 14. The van der Waals surface area contributed by atoms with Crippen LogP contribution < -0.4 is 0 Å². The molecule has 0 saturated heterocycles. The second-order valence-corrected chi connectivity index (χ2v) is 5.26. The van der Waals surface area contributed by atoms with E-state index in [0.29, 0.717) is 0 Å². The molecule has 0 unspecified atom stereocenters. The minimum absolute atomic E-state index is 1.19. The Kier molecular flexibility index (Phi) is 16.0. The van der Waals surface area contributed by atoms with Gasteiger partial charge in [0.15, 0.2) is 0 Å². The van der Waals surface area contributed by atoms with Crippen molar-refractivity contribution in [3.8, 4) is 0 Å². The lowest BCUT2D eigenvalue weighted by Gasteiger charge is -2.02. The van der Waals surface area contributed by atoms with Crippen LogP contribution in [0.3, 0.4) is 0 Å². The van der Waals surface area contributed by atoms with Crippen molar-refractivity contribution in [3.05, 3.63) is 12.8 Å². The van der Waals surface area contributed by atoms with Crippen molar-refractivity contribution in [1.82, 2.24) is 0 Å². The molecule has 0 aromatic carbocycles. The van der Waals surface area contributed by atoms with Gasteiger partial charge >= 0.3 is 0 Å². The molecule has 2 radical (unpaired) electrons. The van der Waals surface area contributed by atoms with Gasteiger partial charge in [-0.05, 0) is 19.3 Å². The monoisotopic (exact) mass is 238 g/mol. The van der Waals surface area contributed by atoms with E-state index in [0.717, 1.165) is 0 Å². The molecular weight excluding hydrogens is 204 g/mol. The highest BCUT2D eigenvalue weighted by Gasteiger charge is 1.93. The summed E-state index contributed by atoms with van der Waals surface area (Å²) in [6, 6.07) is 0. The topological polar surface area (TPSA) is 0 Å². The third-order valence-corrected chi connectivity index (χ3v) is 3.41. The molecule has 0 amide bonds. The molecule has 0 aliphatic heterocycles. The summed E-state index contributed by atoms with van der Waals surface area (Å²) in [5.74, 6) is 0. The third-order valence-electron chi connectivity index (χ3n) is 3.41. The van der Waals surface area contributed by atoms with E-state index in [1.807, 2.05) is 0 Å². The fraction of sp³-hybridized carbons (Fsp3) is 0.882. The van der Waals surface area contributed by atoms with Gasteiger partial charge in [0.1, 0.15) is 0 Å². The third kappa shape index (κ3) is 16.0. The highest BCUT2D eigenvalue weighted by Crippen LogP contribution is 2.12. The van der Waals surface area contributed by atoms with Gasteiger partial charge < -0.3 is 0 Å². The molecule has 17 heavy (non-hydrogen) atoms. The van der Waals surface area contributed by atoms with Gasteiger partial charge in [-0.25, -0.2) is 0 Å². The zero-order valence-corrected chi connectivity index (χ0v) is 12.3. The van der Waals surface area contributed by atoms with Crippen LogP contribution in [0.1, 0.15) is 97.3 Å². The van der Waals surface area contributed by atoms with Crippen LogP contribution in [-0.4, -0.2) is 0 Å². The van der Waals surface area contributed by atoms with E-state index in [4.69, 9.17) is 0 Å². The molecular formula is C17H34. The SMILES string of the molecule is C[CH]C[CH]CCCCCCCCCCCCC. The average Bonchev–Trinajstić information content (AvgIpc) is 2.35. The van der Waals surface area contributed by atoms with E-state index in [1.54, 1.807) is 0 Å². The summed E-state index contributed by atoms with van der Waals surface area (Å²) in [6.45, 7) is 4.42. The van der Waals surface area contributed by atoms with Crippen LogP contribution in [0.2, 0.25) is 0 Å². The van der Waals surface area contributed by atoms with Gasteiger partial charge in [0, 0.05) is 0 Å². The van der Waals surface area contributed by atoms with Gasteiger partial charge in [-0.1, -0.05) is 90.9 Å². The smallest absolute Gasteiger partial charge is 0.0383 e. The van der Waals surface area contributed by atoms with Gasteiger partial charge in [-0.2, -0.15) is 0 Å². The van der Waals surface area contributed by atoms with Crippen molar-refractivity contribution in [2.24, 2.45) is 0 Å². The molecule has 0 saturated carbocycles. The molecule has 0 nitrogen and oxygen atoms in total. The highest BCUT2D eigenvalue weighted by atomic mass is 14.0. The fourth-order valence-corrected chi connectivity index (χ4v) is 2.24. The van der Waals surface area contributed by atoms with E-state index in [-0.39, 0.29) is 0 Å². The molecule has 0 bridgehead atoms. The first-order valence-corrected chi connectivity index (χ1v) is 8.01. The maximum atomic E-state index is 2.41. The van der Waals surface area contributed by atoms with Crippen LogP contribution >= 0.6 is 0 Å². The Morgan fingerprint density at radius 2 is 1.12 bits per heavy atom. The Labute approximate surface area is 111 Å². The predicted octanol–water partition coefficient (Wildman–Crippen LogP) is 6.51. The summed E-state index contributed by atoms with van der Waals surface area (Å²) in [7, 11) is 0. The standard InChI is InChI=1S/C17H34/c1-3-5-7-9-11-13-15-17-16-14-12-10-8-6-4-2/h3,7H,4-6,8-17H2,1-2H3. The van der Waals surface area contributed by atoms with Crippen molar-refractivity contribution in [2.75, 3.05) is 0 Å². The molecule has 0 aliphatic carbocycles. The first-order valence-electron chi connectivity index (χ1n) is 8.01. The summed E-state index contributed by atoms with van der Waals surface area (Å²) in [4.78, 5) is 0. The lowest BCUT2D eigenvalue weighted by molar-refractivity contribution is 0.548. The molecule has 0 heterocycles.